The van der Waals surface area contributed by atoms with Gasteiger partial charge in [-0.1, -0.05) is 49.1 Å². The number of hydrogen-bond donors (Lipinski definition) is 2. The Morgan fingerprint density at radius 3 is 2.60 bits per heavy atom. The van der Waals surface area contributed by atoms with Gasteiger partial charge in [-0.25, -0.2) is 14.2 Å². The number of nitrogens with one attached hydrogen (secondary N) is 1. The lowest BCUT2D eigenvalue weighted by molar-refractivity contribution is -0.138. The van der Waals surface area contributed by atoms with Gasteiger partial charge in [0.05, 0.1) is 23.5 Å². The Labute approximate surface area is 234 Å². The Morgan fingerprint density at radius 1 is 1.25 bits per heavy atom. The Hall–Kier alpha value is -5.05. The van der Waals surface area contributed by atoms with E-state index in [2.05, 4.69) is 16.9 Å². The van der Waals surface area contributed by atoms with Crippen LogP contribution in [0.1, 0.15) is 20.8 Å². The molecule has 0 fully saturated rings. The van der Waals surface area contributed by atoms with Crippen LogP contribution < -0.4 is 5.32 Å². The highest BCUT2D eigenvalue weighted by Gasteiger charge is 2.24. The second-order valence-corrected chi connectivity index (χ2v) is 8.03. The number of phenolic OH excluding ortho intramolecular Hbond substituents is 1. The summed E-state index contributed by atoms with van der Waals surface area (Å²) in [6, 6.07) is 3.80. The normalized spacial score (nSPS) is 21.5. The zero-order chi connectivity index (χ0) is 29.5. The van der Waals surface area contributed by atoms with Gasteiger partial charge in [0, 0.05) is 24.5 Å². The van der Waals surface area contributed by atoms with Crippen molar-refractivity contribution in [3.05, 3.63) is 120 Å². The highest BCUT2D eigenvalue weighted by molar-refractivity contribution is 6.29. The molecule has 9 heteroatoms. The number of ether oxygens (including phenoxy) is 1. The molecule has 2 N–H and O–H groups in total. The summed E-state index contributed by atoms with van der Waals surface area (Å²) in [5, 5.41) is 12.6. The van der Waals surface area contributed by atoms with Crippen LogP contribution in [0.3, 0.4) is 0 Å². The highest BCUT2D eigenvalue weighted by atomic mass is 19.1. The van der Waals surface area contributed by atoms with Crippen LogP contribution in [-0.2, 0) is 14.3 Å². The maximum absolute atomic E-state index is 14.1. The van der Waals surface area contributed by atoms with Gasteiger partial charge in [-0.2, -0.15) is 0 Å². The molecule has 1 aliphatic heterocycles. The van der Waals surface area contributed by atoms with Crippen molar-refractivity contribution >= 4 is 29.7 Å². The third-order valence-corrected chi connectivity index (χ3v) is 5.30. The summed E-state index contributed by atoms with van der Waals surface area (Å²) in [6.45, 7) is 9.03. The number of nitrogens with zero attached hydrogens (tertiary/aromatic N) is 3. The fourth-order valence-corrected chi connectivity index (χ4v) is 3.47. The van der Waals surface area contributed by atoms with Crippen molar-refractivity contribution in [3.63, 3.8) is 0 Å². The molecule has 0 aliphatic carbocycles. The van der Waals surface area contributed by atoms with E-state index in [1.54, 1.807) is 81.5 Å². The van der Waals surface area contributed by atoms with Gasteiger partial charge in [0.25, 0.3) is 0 Å². The predicted octanol–water partition coefficient (Wildman–Crippen LogP) is 5.92. The number of phenols is 1. The summed E-state index contributed by atoms with van der Waals surface area (Å²) in [7, 11) is 1.52. The number of aliphatic imine (C=N–C) groups is 2. The quantitative estimate of drug-likeness (QED) is 0.106. The topological polar surface area (TPSA) is 104 Å². The number of aromatic hydroxyl groups is 1. The lowest BCUT2D eigenvalue weighted by Crippen LogP contribution is -2.35. The van der Waals surface area contributed by atoms with Crippen LogP contribution in [-0.4, -0.2) is 47.7 Å². The fraction of sp³-hybridized carbons (Fsp3) is 0.161. The first-order valence-electron chi connectivity index (χ1n) is 12.4. The summed E-state index contributed by atoms with van der Waals surface area (Å²) in [5.41, 5.74) is 1.51. The maximum Gasteiger partial charge on any atom is 0.339 e. The number of allylic oxidation sites excluding steroid dienone is 11. The van der Waals surface area contributed by atoms with Crippen molar-refractivity contribution in [1.29, 1.82) is 0 Å². The van der Waals surface area contributed by atoms with Gasteiger partial charge in [0.15, 0.2) is 17.4 Å². The molecule has 0 unspecified atom stereocenters. The van der Waals surface area contributed by atoms with Crippen LogP contribution in [0.4, 0.5) is 10.1 Å². The number of anilines is 1. The minimum atomic E-state index is -0.824. The van der Waals surface area contributed by atoms with Crippen LogP contribution >= 0.6 is 0 Å². The van der Waals surface area contributed by atoms with Crippen LogP contribution in [0.25, 0.3) is 0 Å². The molecule has 1 aromatic carbocycles. The molecule has 0 saturated carbocycles. The zero-order valence-electron chi connectivity index (χ0n) is 23.0. The molecule has 0 saturated heterocycles. The van der Waals surface area contributed by atoms with Gasteiger partial charge in [0.1, 0.15) is 5.84 Å². The largest absolute Gasteiger partial charge is 0.505 e. The first-order valence-corrected chi connectivity index (χ1v) is 12.4. The van der Waals surface area contributed by atoms with Gasteiger partial charge in [-0.05, 0) is 57.2 Å². The molecule has 1 amide bonds. The predicted molar refractivity (Wildman–Crippen MR) is 158 cm³/mol. The van der Waals surface area contributed by atoms with E-state index in [1.807, 2.05) is 0 Å². The van der Waals surface area contributed by atoms with E-state index >= 15 is 0 Å². The molecule has 0 aromatic heterocycles. The number of amides is 1. The third-order valence-electron chi connectivity index (χ3n) is 5.30. The number of carbonyl (C=O) groups excluding carboxylic acids is 2. The summed E-state index contributed by atoms with van der Waals surface area (Å²) in [4.78, 5) is 35.8. The number of benzene rings is 1. The van der Waals surface area contributed by atoms with Gasteiger partial charge >= 0.3 is 5.97 Å². The van der Waals surface area contributed by atoms with Crippen LogP contribution in [0.15, 0.2) is 124 Å². The van der Waals surface area contributed by atoms with Crippen LogP contribution in [0.2, 0.25) is 0 Å². The van der Waals surface area contributed by atoms with E-state index in [0.29, 0.717) is 23.4 Å². The second kappa shape index (κ2) is 16.0. The molecule has 0 radical (unpaired) electrons. The number of amidine groups is 2. The summed E-state index contributed by atoms with van der Waals surface area (Å²) in [5.74, 6) is -1.58. The molecule has 0 atom stereocenters. The minimum Gasteiger partial charge on any atom is -0.505 e. The molecule has 8 nitrogen and oxygen atoms in total. The first-order chi connectivity index (χ1) is 19.3. The zero-order valence-corrected chi connectivity index (χ0v) is 23.0. The average Bonchev–Trinajstić information content (AvgIpc) is 2.92. The molecule has 2 rings (SSSR count). The molecule has 40 heavy (non-hydrogen) atoms. The van der Waals surface area contributed by atoms with E-state index in [0.717, 1.165) is 6.07 Å². The first kappa shape index (κ1) is 31.2. The van der Waals surface area contributed by atoms with Crippen molar-refractivity contribution in [2.45, 2.75) is 20.8 Å². The SMILES string of the molecule is C=C/C=C(\C=C/C)N(C=O)C1=N\C(C)=C(C(=O)OCC)/C=C/C=C/C=C\C=C\1C(=NC)Nc1ccc(O)c(F)c1. The van der Waals surface area contributed by atoms with E-state index < -0.39 is 17.5 Å². The number of rotatable bonds is 8. The van der Waals surface area contributed by atoms with E-state index in [-0.39, 0.29) is 29.5 Å². The van der Waals surface area contributed by atoms with Crippen molar-refractivity contribution in [2.24, 2.45) is 9.98 Å². The molecular formula is C31H33FN4O4. The summed E-state index contributed by atoms with van der Waals surface area (Å²) >= 11 is 0. The smallest absolute Gasteiger partial charge is 0.339 e. The van der Waals surface area contributed by atoms with Gasteiger partial charge < -0.3 is 15.2 Å². The van der Waals surface area contributed by atoms with Gasteiger partial charge in [-0.15, -0.1) is 0 Å². The second-order valence-electron chi connectivity index (χ2n) is 8.03. The van der Waals surface area contributed by atoms with Crippen molar-refractivity contribution in [3.8, 4) is 5.75 Å². The number of carbonyl (C=O) groups is 2. The van der Waals surface area contributed by atoms with Crippen molar-refractivity contribution in [1.82, 2.24) is 4.90 Å². The minimum absolute atomic E-state index is 0.107. The Kier molecular flexibility index (Phi) is 12.5. The lowest BCUT2D eigenvalue weighted by Gasteiger charge is -2.24. The molecule has 1 heterocycles. The van der Waals surface area contributed by atoms with Gasteiger partial charge in [-0.3, -0.25) is 14.7 Å². The van der Waals surface area contributed by atoms with E-state index in [4.69, 9.17) is 9.73 Å². The van der Waals surface area contributed by atoms with E-state index in [1.165, 1.54) is 30.2 Å². The van der Waals surface area contributed by atoms with Crippen molar-refractivity contribution in [2.75, 3.05) is 19.0 Å². The molecule has 0 bridgehead atoms. The standard InChI is InChI=1S/C31H33FN4O4/c1-6-14-24(15-7-2)36(21-37)30-26(29(33-5)35-23-18-19-28(38)27(32)20-23)17-13-11-9-10-12-16-25(22(4)34-30)31(39)40-8-3/h6-7,9-21,38H,1,8H2,2-5H3,(H,33,35)/b10-9+,11-9?,12-10?,13-11-,15-7-,16-12+,17-13?,24-14+,25-16?,25-22+,26-17+,30-26?,34-22?,34-30-. The number of halogens is 1. The Balaban J connectivity index is 2.93. The highest BCUT2D eigenvalue weighted by Crippen LogP contribution is 2.23. The third kappa shape index (κ3) is 8.49. The Morgan fingerprint density at radius 2 is 1.98 bits per heavy atom. The average molecular weight is 545 g/mol. The van der Waals surface area contributed by atoms with Crippen LogP contribution in [0, 0.1) is 5.82 Å². The number of hydrogen-bond acceptors (Lipinski definition) is 6. The fourth-order valence-electron chi connectivity index (χ4n) is 3.47. The van der Waals surface area contributed by atoms with E-state index in [9.17, 15) is 19.1 Å². The Bertz CT molecular complexity index is 1390. The van der Waals surface area contributed by atoms with Crippen LogP contribution in [0.5, 0.6) is 5.75 Å². The molecule has 1 aliphatic rings. The number of esters is 1. The summed E-state index contributed by atoms with van der Waals surface area (Å²) in [6.07, 6.45) is 19.1. The van der Waals surface area contributed by atoms with Crippen molar-refractivity contribution < 1.29 is 23.8 Å². The lowest BCUT2D eigenvalue weighted by atomic mass is 10.1. The summed E-state index contributed by atoms with van der Waals surface area (Å²) < 4.78 is 19.4. The molecule has 0 spiro atoms. The molecular weight excluding hydrogens is 511 g/mol. The molecule has 208 valence electrons. The monoisotopic (exact) mass is 544 g/mol. The van der Waals surface area contributed by atoms with Gasteiger partial charge in [0.2, 0.25) is 6.41 Å². The molecule has 1 aromatic rings. The maximum atomic E-state index is 14.1.